The monoisotopic (exact) mass is 531 g/mol. The summed E-state index contributed by atoms with van der Waals surface area (Å²) in [6.45, 7) is 13.8. The van der Waals surface area contributed by atoms with Crippen molar-refractivity contribution in [2.45, 2.75) is 45.3 Å². The lowest BCUT2D eigenvalue weighted by Crippen LogP contribution is -2.41. The van der Waals surface area contributed by atoms with E-state index >= 15 is 0 Å². The van der Waals surface area contributed by atoms with Gasteiger partial charge in [0.25, 0.3) is 0 Å². The molecule has 0 aliphatic heterocycles. The molecule has 0 spiro atoms. The molecule has 178 valence electrons. The minimum Gasteiger partial charge on any atom is -0.491 e. The van der Waals surface area contributed by atoms with Crippen LogP contribution in [0.1, 0.15) is 27.2 Å². The molecule has 0 fully saturated rings. The highest BCUT2D eigenvalue weighted by Crippen LogP contribution is 2.36. The van der Waals surface area contributed by atoms with Crippen molar-refractivity contribution >= 4 is 24.2 Å². The third-order valence-electron chi connectivity index (χ3n) is 5.92. The van der Waals surface area contributed by atoms with Crippen LogP contribution < -0.4 is 4.74 Å². The Morgan fingerprint density at radius 2 is 1.64 bits per heavy atom. The Kier molecular flexibility index (Phi) is 8.86. The largest absolute Gasteiger partial charge is 0.491 e. The van der Waals surface area contributed by atoms with E-state index in [2.05, 4.69) is 54.8 Å². The van der Waals surface area contributed by atoms with Gasteiger partial charge in [-0.1, -0.05) is 20.8 Å². The smallest absolute Gasteiger partial charge is 0.191 e. The van der Waals surface area contributed by atoms with E-state index in [0.29, 0.717) is 19.8 Å². The van der Waals surface area contributed by atoms with Gasteiger partial charge in [-0.25, -0.2) is 4.68 Å². The van der Waals surface area contributed by atoms with Gasteiger partial charge < -0.3 is 13.9 Å². The first-order valence-electron chi connectivity index (χ1n) is 11.3. The summed E-state index contributed by atoms with van der Waals surface area (Å²) >= 11 is 3.60. The summed E-state index contributed by atoms with van der Waals surface area (Å²) in [6.07, 6.45) is 6.38. The van der Waals surface area contributed by atoms with Crippen LogP contribution in [-0.2, 0) is 9.16 Å². The highest BCUT2D eigenvalue weighted by Gasteiger charge is 2.36. The van der Waals surface area contributed by atoms with Crippen molar-refractivity contribution in [1.29, 1.82) is 0 Å². The second kappa shape index (κ2) is 11.4. The van der Waals surface area contributed by atoms with Crippen LogP contribution >= 0.6 is 15.9 Å². The fourth-order valence-corrected chi connectivity index (χ4v) is 4.50. The first-order valence-corrected chi connectivity index (χ1v) is 15.0. The van der Waals surface area contributed by atoms with Gasteiger partial charge in [0.2, 0.25) is 0 Å². The highest BCUT2D eigenvalue weighted by atomic mass is 79.9. The van der Waals surface area contributed by atoms with Crippen LogP contribution in [0.3, 0.4) is 0 Å². The molecule has 1 aromatic carbocycles. The molecule has 8 heteroatoms. The lowest BCUT2D eigenvalue weighted by atomic mass is 10.2. The number of rotatable bonds is 11. The molecule has 2 heterocycles. The summed E-state index contributed by atoms with van der Waals surface area (Å²) in [5.41, 5.74) is 2.85. The van der Waals surface area contributed by atoms with Crippen LogP contribution in [0.15, 0.2) is 59.5 Å². The average molecular weight is 533 g/mol. The van der Waals surface area contributed by atoms with Gasteiger partial charge in [-0.3, -0.25) is 4.98 Å². The van der Waals surface area contributed by atoms with Crippen molar-refractivity contribution in [3.05, 3.63) is 59.5 Å². The number of aromatic nitrogens is 3. The van der Waals surface area contributed by atoms with Gasteiger partial charge in [0.1, 0.15) is 18.1 Å². The number of benzene rings is 1. The standard InChI is InChI=1S/C25H34BrN3O3Si/c1-25(2,3)33(4,5)32-16-6-15-30-17-18-31-22-9-7-21(8-10-22)29-19-23(26)24(28-29)20-11-13-27-14-12-20/h7-14,19H,6,15-18H2,1-5H3. The molecule has 0 aliphatic rings. The lowest BCUT2D eigenvalue weighted by Gasteiger charge is -2.36. The number of halogens is 1. The molecule has 0 atom stereocenters. The maximum Gasteiger partial charge on any atom is 0.191 e. The lowest BCUT2D eigenvalue weighted by molar-refractivity contribution is 0.0892. The predicted molar refractivity (Wildman–Crippen MR) is 139 cm³/mol. The van der Waals surface area contributed by atoms with Crippen molar-refractivity contribution in [3.63, 3.8) is 0 Å². The van der Waals surface area contributed by atoms with Crippen molar-refractivity contribution in [1.82, 2.24) is 14.8 Å². The second-order valence-corrected chi connectivity index (χ2v) is 15.1. The average Bonchev–Trinajstić information content (AvgIpc) is 3.17. The van der Waals surface area contributed by atoms with Crippen LogP contribution in [0.25, 0.3) is 16.9 Å². The van der Waals surface area contributed by atoms with Crippen LogP contribution in [0.2, 0.25) is 18.1 Å². The number of ether oxygens (including phenoxy) is 2. The number of hydrogen-bond acceptors (Lipinski definition) is 5. The summed E-state index contributed by atoms with van der Waals surface area (Å²) in [5.74, 6) is 0.809. The molecule has 0 N–H and O–H groups in total. The summed E-state index contributed by atoms with van der Waals surface area (Å²) in [6, 6.07) is 11.8. The van der Waals surface area contributed by atoms with Gasteiger partial charge in [-0.2, -0.15) is 5.10 Å². The van der Waals surface area contributed by atoms with E-state index in [1.165, 1.54) is 0 Å². The maximum absolute atomic E-state index is 6.17. The molecule has 3 aromatic rings. The minimum absolute atomic E-state index is 0.243. The van der Waals surface area contributed by atoms with Crippen LogP contribution in [-0.4, -0.2) is 49.5 Å². The molecule has 0 bridgehead atoms. The normalized spacial score (nSPS) is 12.2. The van der Waals surface area contributed by atoms with Gasteiger partial charge in [-0.15, -0.1) is 0 Å². The fourth-order valence-electron chi connectivity index (χ4n) is 2.91. The van der Waals surface area contributed by atoms with Crippen molar-refractivity contribution in [2.24, 2.45) is 0 Å². The first-order chi connectivity index (χ1) is 15.7. The van der Waals surface area contributed by atoms with Gasteiger partial charge >= 0.3 is 0 Å². The van der Waals surface area contributed by atoms with E-state index in [0.717, 1.165) is 40.2 Å². The zero-order chi connectivity index (χ0) is 23.9. The molecule has 0 saturated heterocycles. The molecule has 0 saturated carbocycles. The number of nitrogens with zero attached hydrogens (tertiary/aromatic N) is 3. The maximum atomic E-state index is 6.17. The first kappa shape index (κ1) is 25.6. The van der Waals surface area contributed by atoms with E-state index < -0.39 is 8.32 Å². The third-order valence-corrected chi connectivity index (χ3v) is 11.0. The summed E-state index contributed by atoms with van der Waals surface area (Å²) in [7, 11) is -1.66. The summed E-state index contributed by atoms with van der Waals surface area (Å²) < 4.78 is 20.4. The second-order valence-electron chi connectivity index (χ2n) is 9.42. The van der Waals surface area contributed by atoms with Crippen LogP contribution in [0.4, 0.5) is 0 Å². The molecule has 33 heavy (non-hydrogen) atoms. The van der Waals surface area contributed by atoms with Gasteiger partial charge in [0.15, 0.2) is 8.32 Å². The summed E-state index contributed by atoms with van der Waals surface area (Å²) in [5, 5.41) is 4.94. The summed E-state index contributed by atoms with van der Waals surface area (Å²) in [4.78, 5) is 4.06. The Labute approximate surface area is 206 Å². The molecule has 2 aromatic heterocycles. The quantitative estimate of drug-likeness (QED) is 0.208. The molecule has 3 rings (SSSR count). The Morgan fingerprint density at radius 3 is 2.30 bits per heavy atom. The van der Waals surface area contributed by atoms with Crippen LogP contribution in [0, 0.1) is 0 Å². The van der Waals surface area contributed by atoms with Crippen molar-refractivity contribution in [3.8, 4) is 22.7 Å². The predicted octanol–water partition coefficient (Wildman–Crippen LogP) is 6.50. The Hall–Kier alpha value is -2.00. The third kappa shape index (κ3) is 7.24. The molecule has 0 radical (unpaired) electrons. The van der Waals surface area contributed by atoms with E-state index in [1.54, 1.807) is 12.4 Å². The molecule has 0 aliphatic carbocycles. The Balaban J connectivity index is 1.39. The topological polar surface area (TPSA) is 58.4 Å². The number of pyridine rings is 1. The molecule has 0 unspecified atom stereocenters. The van der Waals surface area contributed by atoms with E-state index in [1.807, 2.05) is 47.3 Å². The van der Waals surface area contributed by atoms with Gasteiger partial charge in [0, 0.05) is 37.4 Å². The van der Waals surface area contributed by atoms with Gasteiger partial charge in [0.05, 0.1) is 16.8 Å². The minimum atomic E-state index is -1.66. The number of hydrogen-bond donors (Lipinski definition) is 0. The van der Waals surface area contributed by atoms with E-state index in [9.17, 15) is 0 Å². The fraction of sp³-hybridized carbons (Fsp3) is 0.440. The van der Waals surface area contributed by atoms with Crippen molar-refractivity contribution in [2.75, 3.05) is 26.4 Å². The molecular formula is C25H34BrN3O3Si. The zero-order valence-corrected chi connectivity index (χ0v) is 22.8. The Morgan fingerprint density at radius 1 is 0.939 bits per heavy atom. The molecular weight excluding hydrogens is 498 g/mol. The molecule has 0 amide bonds. The zero-order valence-electron chi connectivity index (χ0n) is 20.2. The SMILES string of the molecule is CC(C)(C)[Si](C)(C)OCCCOCCOc1ccc(-n2cc(Br)c(-c3ccncc3)n2)cc1. The van der Waals surface area contributed by atoms with E-state index in [-0.39, 0.29) is 5.04 Å². The van der Waals surface area contributed by atoms with E-state index in [4.69, 9.17) is 19.0 Å². The van der Waals surface area contributed by atoms with Crippen molar-refractivity contribution < 1.29 is 13.9 Å². The molecule has 6 nitrogen and oxygen atoms in total. The highest BCUT2D eigenvalue weighted by molar-refractivity contribution is 9.10. The Bertz CT molecular complexity index is 1000. The van der Waals surface area contributed by atoms with Gasteiger partial charge in [-0.05, 0) is 76.9 Å². The van der Waals surface area contributed by atoms with Crippen LogP contribution in [0.5, 0.6) is 5.75 Å².